The molecule has 1 aromatic heterocycles. The number of hydrogen-bond acceptors (Lipinski definition) is 15. The van der Waals surface area contributed by atoms with Crippen molar-refractivity contribution >= 4 is 35.4 Å². The first kappa shape index (κ1) is 51.1. The van der Waals surface area contributed by atoms with E-state index in [1.165, 1.54) is 20.4 Å². The number of aromatic nitrogens is 2. The van der Waals surface area contributed by atoms with Gasteiger partial charge >= 0.3 is 0 Å². The van der Waals surface area contributed by atoms with E-state index in [4.69, 9.17) is 37.1 Å². The predicted molar refractivity (Wildman–Crippen MR) is 257 cm³/mol. The highest BCUT2D eigenvalue weighted by atomic mass is 16.5. The van der Waals surface area contributed by atoms with Crippen LogP contribution in [0.4, 0.5) is 5.82 Å². The summed E-state index contributed by atoms with van der Waals surface area (Å²) < 4.78 is 18.4. The molecule has 2 aliphatic rings. The van der Waals surface area contributed by atoms with Crippen molar-refractivity contribution in [3.05, 3.63) is 83.0 Å². The van der Waals surface area contributed by atoms with E-state index in [1.54, 1.807) is 43.3 Å². The molecule has 366 valence electrons. The summed E-state index contributed by atoms with van der Waals surface area (Å²) in [6.45, 7) is 3.32. The number of carbonyl (C=O) groups excluding carboxylic acids is 5. The number of nitrogens with zero attached hydrogens (tertiary/aromatic N) is 4. The second-order valence-corrected chi connectivity index (χ2v) is 17.0. The van der Waals surface area contributed by atoms with Gasteiger partial charge in [0.15, 0.2) is 5.82 Å². The number of rotatable bonds is 17. The summed E-state index contributed by atoms with van der Waals surface area (Å²) in [4.78, 5) is 80.8. The lowest BCUT2D eigenvalue weighted by Crippen LogP contribution is -2.56. The molecule has 3 aromatic carbocycles. The number of benzene rings is 3. The third-order valence-electron chi connectivity index (χ3n) is 11.9. The maximum absolute atomic E-state index is 14.7. The summed E-state index contributed by atoms with van der Waals surface area (Å²) in [6, 6.07) is 14.2. The van der Waals surface area contributed by atoms with Gasteiger partial charge in [-0.25, -0.2) is 9.97 Å². The van der Waals surface area contributed by atoms with Crippen LogP contribution in [0.25, 0.3) is 22.5 Å². The average Bonchev–Trinajstić information content (AvgIpc) is 3.34. The fourth-order valence-electron chi connectivity index (χ4n) is 8.42. The van der Waals surface area contributed by atoms with E-state index in [0.717, 1.165) is 36.3 Å². The molecular formula is C49H62N12O8. The van der Waals surface area contributed by atoms with Gasteiger partial charge in [-0.15, -0.1) is 0 Å². The molecule has 4 bridgehead atoms. The molecule has 1 aliphatic carbocycles. The largest absolute Gasteiger partial charge is 0.492 e. The van der Waals surface area contributed by atoms with Crippen LogP contribution >= 0.6 is 0 Å². The lowest BCUT2D eigenvalue weighted by molar-refractivity contribution is -0.141. The van der Waals surface area contributed by atoms with Crippen LogP contribution < -0.4 is 58.4 Å². The van der Waals surface area contributed by atoms with Crippen LogP contribution in [0.15, 0.2) is 60.7 Å². The molecule has 69 heavy (non-hydrogen) atoms. The molecule has 12 N–H and O–H groups in total. The molecule has 1 fully saturated rings. The first-order chi connectivity index (χ1) is 33.3. The van der Waals surface area contributed by atoms with Crippen molar-refractivity contribution in [1.29, 1.82) is 5.26 Å². The standard InChI is InChI=1S/C49H62N12O8/c1-28-41(43(54)60-44(56-28)31-10-13-34(14-11-31)69-33-7-5-4-6-8-33)47(64)58-37(17-18-50)49(66)61(3)42-32-12-16-40(68-24-21-53)36(27-32)35-25-30(9-15-39(35)67-23-20-52)26-38(46(63)55-22-19-51)59-45(62)29(2)57-48(42)65/h9-16,25,27,29,33,37-38,42H,4-8,17-18,20-24,26,50,52-53H2,1-3H3,(H,55,63)(H,57,65)(H,58,64)(H,59,62)(H2,54,56,60). The molecule has 0 radical (unpaired) electrons. The number of likely N-dealkylation sites (N-methyl/N-ethyl adjacent to an activating group) is 1. The average molecular weight is 947 g/mol. The Kier molecular flexibility index (Phi) is 17.8. The van der Waals surface area contributed by atoms with Gasteiger partial charge in [-0.3, -0.25) is 24.0 Å². The van der Waals surface area contributed by atoms with Gasteiger partial charge < -0.3 is 63.3 Å². The molecule has 0 spiro atoms. The first-order valence-electron chi connectivity index (χ1n) is 23.1. The quantitative estimate of drug-likeness (QED) is 0.0702. The number of nitriles is 1. The van der Waals surface area contributed by atoms with Crippen LogP contribution in [0.3, 0.4) is 0 Å². The number of nitrogen functional groups attached to an aromatic ring is 1. The van der Waals surface area contributed by atoms with E-state index in [1.807, 2.05) is 30.3 Å². The van der Waals surface area contributed by atoms with Crippen LogP contribution in [-0.2, 0) is 25.6 Å². The summed E-state index contributed by atoms with van der Waals surface area (Å²) in [5, 5.41) is 19.8. The van der Waals surface area contributed by atoms with Gasteiger partial charge in [0.05, 0.1) is 17.9 Å². The van der Waals surface area contributed by atoms with Crippen molar-refractivity contribution in [1.82, 2.24) is 36.1 Å². The van der Waals surface area contributed by atoms with Gasteiger partial charge in [-0.1, -0.05) is 18.6 Å². The minimum Gasteiger partial charge on any atom is -0.492 e. The molecular weight excluding hydrogens is 885 g/mol. The minimum absolute atomic E-state index is 0.00792. The van der Waals surface area contributed by atoms with Crippen LogP contribution in [0.2, 0.25) is 0 Å². The van der Waals surface area contributed by atoms with E-state index >= 15 is 0 Å². The topological polar surface area (TPSA) is 318 Å². The summed E-state index contributed by atoms with van der Waals surface area (Å²) in [7, 11) is 1.39. The summed E-state index contributed by atoms with van der Waals surface area (Å²) in [5.41, 5.74) is 26.8. The number of anilines is 1. The third-order valence-corrected chi connectivity index (χ3v) is 11.9. The van der Waals surface area contributed by atoms with Gasteiger partial charge in [0.25, 0.3) is 5.91 Å². The van der Waals surface area contributed by atoms with E-state index in [-0.39, 0.29) is 75.4 Å². The maximum Gasteiger partial charge on any atom is 0.257 e. The van der Waals surface area contributed by atoms with Gasteiger partial charge in [-0.2, -0.15) is 5.26 Å². The number of amides is 5. The van der Waals surface area contributed by atoms with E-state index in [9.17, 15) is 29.2 Å². The Balaban J connectivity index is 1.34. The Labute approximate surface area is 401 Å². The fraction of sp³-hybridized carbons (Fsp3) is 0.429. The Morgan fingerprint density at radius 3 is 2.19 bits per heavy atom. The Morgan fingerprint density at radius 1 is 0.884 bits per heavy atom. The lowest BCUT2D eigenvalue weighted by Gasteiger charge is -2.32. The van der Waals surface area contributed by atoms with Crippen molar-refractivity contribution in [3.63, 3.8) is 0 Å². The smallest absolute Gasteiger partial charge is 0.257 e. The Morgan fingerprint density at radius 2 is 1.55 bits per heavy atom. The van der Waals surface area contributed by atoms with Crippen molar-refractivity contribution in [2.75, 3.05) is 52.2 Å². The second kappa shape index (κ2) is 24.1. The van der Waals surface area contributed by atoms with E-state index in [0.29, 0.717) is 45.1 Å². The number of fused-ring (bicyclic) bond motifs is 5. The fourth-order valence-corrected chi connectivity index (χ4v) is 8.42. The highest BCUT2D eigenvalue weighted by molar-refractivity contribution is 6.02. The number of carbonyl (C=O) groups is 5. The molecule has 20 nitrogen and oxygen atoms in total. The maximum atomic E-state index is 14.7. The second-order valence-electron chi connectivity index (χ2n) is 17.0. The van der Waals surface area contributed by atoms with Gasteiger partial charge in [-0.05, 0) is 112 Å². The van der Waals surface area contributed by atoms with E-state index in [2.05, 4.69) is 31.2 Å². The molecule has 1 saturated carbocycles. The number of nitrogens with two attached hydrogens (primary N) is 4. The minimum atomic E-state index is -1.43. The van der Waals surface area contributed by atoms with Crippen LogP contribution in [0, 0.1) is 18.3 Å². The van der Waals surface area contributed by atoms with E-state index < -0.39 is 53.7 Å². The number of nitrogens with one attached hydrogen (secondary N) is 4. The normalized spacial score (nSPS) is 17.7. The van der Waals surface area contributed by atoms with Gasteiger partial charge in [0, 0.05) is 43.2 Å². The highest BCUT2D eigenvalue weighted by Crippen LogP contribution is 2.40. The summed E-state index contributed by atoms with van der Waals surface area (Å²) in [5.74, 6) is -1.90. The summed E-state index contributed by atoms with van der Waals surface area (Å²) >= 11 is 0. The zero-order chi connectivity index (χ0) is 49.6. The molecule has 4 atom stereocenters. The lowest BCUT2D eigenvalue weighted by atomic mass is 9.93. The molecule has 2 heterocycles. The summed E-state index contributed by atoms with van der Waals surface area (Å²) in [6.07, 6.45) is 5.69. The monoisotopic (exact) mass is 946 g/mol. The van der Waals surface area contributed by atoms with Crippen molar-refractivity contribution in [2.45, 2.75) is 89.1 Å². The molecule has 4 unspecified atom stereocenters. The molecule has 20 heteroatoms. The van der Waals surface area contributed by atoms with Crippen molar-refractivity contribution in [3.8, 4) is 45.8 Å². The first-order valence-corrected chi connectivity index (χ1v) is 23.1. The van der Waals surface area contributed by atoms with Crippen LogP contribution in [0.1, 0.15) is 78.7 Å². The Bertz CT molecular complexity index is 2500. The molecule has 5 amide bonds. The highest BCUT2D eigenvalue weighted by Gasteiger charge is 2.36. The van der Waals surface area contributed by atoms with Gasteiger partial charge in [0.1, 0.15) is 72.6 Å². The number of aryl methyl sites for hydroxylation is 1. The molecule has 1 aliphatic heterocycles. The predicted octanol–water partition coefficient (Wildman–Crippen LogP) is 1.92. The molecule has 4 aromatic rings. The third kappa shape index (κ3) is 12.8. The zero-order valence-corrected chi connectivity index (χ0v) is 39.2. The van der Waals surface area contributed by atoms with Gasteiger partial charge in [0.2, 0.25) is 23.6 Å². The zero-order valence-electron chi connectivity index (χ0n) is 39.2. The SMILES string of the molecule is Cc1nc(-c2ccc(OC3CCCCC3)cc2)nc(N)c1C(=O)NC(CCN)C(=O)N(C)C1C(=O)NC(C)C(=O)NC(C(=O)NCC#N)Cc2ccc(OCCN)c(c2)-c2cc1ccc2OCCN. The van der Waals surface area contributed by atoms with Crippen molar-refractivity contribution in [2.24, 2.45) is 17.2 Å². The number of ether oxygens (including phenoxy) is 3. The van der Waals surface area contributed by atoms with Crippen LogP contribution in [-0.4, -0.2) is 115 Å². The van der Waals surface area contributed by atoms with Crippen LogP contribution in [0.5, 0.6) is 17.2 Å². The van der Waals surface area contributed by atoms with Crippen molar-refractivity contribution < 1.29 is 38.2 Å². The number of hydrogen-bond donors (Lipinski definition) is 8. The molecule has 6 rings (SSSR count). The molecule has 0 saturated heterocycles. The Hall–Kier alpha value is -7.34.